The lowest BCUT2D eigenvalue weighted by Gasteiger charge is -2.35. The van der Waals surface area contributed by atoms with E-state index in [1.807, 2.05) is 25.8 Å². The highest BCUT2D eigenvalue weighted by molar-refractivity contribution is 8.00. The van der Waals surface area contributed by atoms with Gasteiger partial charge in [0.1, 0.15) is 11.7 Å². The number of amides is 1. The molecule has 1 fully saturated rings. The van der Waals surface area contributed by atoms with Crippen molar-refractivity contribution in [3.05, 3.63) is 35.3 Å². The molecule has 0 radical (unpaired) electrons. The molecule has 1 aliphatic carbocycles. The van der Waals surface area contributed by atoms with Gasteiger partial charge in [-0.25, -0.2) is 18.2 Å². The van der Waals surface area contributed by atoms with Gasteiger partial charge < -0.3 is 15.5 Å². The molecule has 1 aromatic heterocycles. The Morgan fingerprint density at radius 3 is 2.57 bits per heavy atom. The molecule has 160 valence electrons. The predicted molar refractivity (Wildman–Crippen MR) is 110 cm³/mol. The van der Waals surface area contributed by atoms with Crippen LogP contribution in [-0.2, 0) is 4.79 Å². The van der Waals surface area contributed by atoms with E-state index in [1.54, 1.807) is 0 Å². The summed E-state index contributed by atoms with van der Waals surface area (Å²) in [6.45, 7) is 4.31. The quantitative estimate of drug-likeness (QED) is 0.690. The van der Waals surface area contributed by atoms with Crippen LogP contribution < -0.4 is 15.5 Å². The van der Waals surface area contributed by atoms with E-state index in [9.17, 15) is 18.0 Å². The Morgan fingerprint density at radius 1 is 1.23 bits per heavy atom. The van der Waals surface area contributed by atoms with Crippen molar-refractivity contribution in [1.29, 1.82) is 0 Å². The number of anilines is 3. The molecule has 4 rings (SSSR count). The second kappa shape index (κ2) is 7.98. The Balaban J connectivity index is 1.33. The van der Waals surface area contributed by atoms with Crippen molar-refractivity contribution in [1.82, 2.24) is 9.97 Å². The molecule has 2 N–H and O–H groups in total. The van der Waals surface area contributed by atoms with Gasteiger partial charge in [-0.05, 0) is 44.7 Å². The maximum atomic E-state index is 13.3. The first-order valence-corrected chi connectivity index (χ1v) is 10.6. The van der Waals surface area contributed by atoms with Crippen LogP contribution in [-0.4, -0.2) is 40.8 Å². The average molecular weight is 437 g/mol. The van der Waals surface area contributed by atoms with Gasteiger partial charge in [-0.15, -0.1) is 11.8 Å². The maximum Gasteiger partial charge on any atom is 0.246 e. The summed E-state index contributed by atoms with van der Waals surface area (Å²) in [7, 11) is 1.83. The molecule has 2 heterocycles. The Kier molecular flexibility index (Phi) is 5.52. The molecule has 2 aliphatic rings. The number of hydrogen-bond donors (Lipinski definition) is 2. The third kappa shape index (κ3) is 3.92. The van der Waals surface area contributed by atoms with Crippen LogP contribution >= 0.6 is 11.8 Å². The first-order chi connectivity index (χ1) is 14.2. The molecule has 0 saturated heterocycles. The third-order valence-corrected chi connectivity index (χ3v) is 6.84. The lowest BCUT2D eigenvalue weighted by atomic mass is 9.85. The van der Waals surface area contributed by atoms with Crippen LogP contribution in [0.1, 0.15) is 25.5 Å². The zero-order chi connectivity index (χ0) is 21.6. The van der Waals surface area contributed by atoms with Crippen molar-refractivity contribution in [2.45, 2.75) is 42.9 Å². The van der Waals surface area contributed by atoms with Gasteiger partial charge in [0.15, 0.2) is 23.3 Å². The molecule has 0 spiro atoms. The van der Waals surface area contributed by atoms with Gasteiger partial charge in [-0.2, -0.15) is 4.98 Å². The van der Waals surface area contributed by atoms with Gasteiger partial charge in [0.2, 0.25) is 11.9 Å². The molecule has 10 heteroatoms. The maximum absolute atomic E-state index is 13.3. The molecule has 2 aromatic rings. The Labute approximate surface area is 176 Å². The van der Waals surface area contributed by atoms with E-state index in [1.165, 1.54) is 11.8 Å². The number of fused-ring (bicyclic) bond motifs is 1. The van der Waals surface area contributed by atoms with Crippen LogP contribution in [0.2, 0.25) is 0 Å². The van der Waals surface area contributed by atoms with Gasteiger partial charge in [-0.1, -0.05) is 0 Å². The van der Waals surface area contributed by atoms with Gasteiger partial charge in [0.25, 0.3) is 0 Å². The zero-order valence-corrected chi connectivity index (χ0v) is 17.6. The van der Waals surface area contributed by atoms with Crippen LogP contribution in [0.15, 0.2) is 17.0 Å². The number of nitrogens with zero attached hydrogens (tertiary/aromatic N) is 3. The lowest BCUT2D eigenvalue weighted by molar-refractivity contribution is -0.117. The van der Waals surface area contributed by atoms with Crippen molar-refractivity contribution in [2.75, 3.05) is 29.1 Å². The van der Waals surface area contributed by atoms with Gasteiger partial charge in [-0.3, -0.25) is 4.79 Å². The van der Waals surface area contributed by atoms with Crippen molar-refractivity contribution < 1.29 is 18.0 Å². The molecule has 0 unspecified atom stereocenters. The number of thioether (sulfide) groups is 1. The molecular formula is C20H22F3N5OS. The zero-order valence-electron chi connectivity index (χ0n) is 16.8. The molecule has 30 heavy (non-hydrogen) atoms. The molecule has 1 saturated carbocycles. The van der Waals surface area contributed by atoms with Gasteiger partial charge >= 0.3 is 0 Å². The van der Waals surface area contributed by atoms with Crippen LogP contribution in [0.5, 0.6) is 0 Å². The third-order valence-electron chi connectivity index (χ3n) is 5.61. The van der Waals surface area contributed by atoms with E-state index in [2.05, 4.69) is 20.6 Å². The number of likely N-dealkylation sites (N-methyl/N-ethyl adjacent to an activating group) is 1. The minimum atomic E-state index is -1.44. The fourth-order valence-electron chi connectivity index (χ4n) is 3.59. The molecule has 1 aliphatic heterocycles. The standard InChI is InChI=1S/C20H22F3N5OS/c1-9-17-18(28(3)10(2)19(29)26-17)27-20(25-9)24-8-11-4-12(5-11)30-13-6-14(21)16(23)15(22)7-13/h6-7,10-12H,4-5,8H2,1-3H3,(H,26,29)(H,24,25,27)/t10-,11-,12-/m0/s1. The number of carbonyl (C=O) groups is 1. The van der Waals surface area contributed by atoms with Crippen LogP contribution in [0.3, 0.4) is 0 Å². The SMILES string of the molecule is Cc1nc(NC[C@H]2C[C@H](Sc3cc(F)c(F)c(F)c3)C2)nc2c1NC(=O)[C@H](C)N2C. The van der Waals surface area contributed by atoms with E-state index in [-0.39, 0.29) is 17.2 Å². The van der Waals surface area contributed by atoms with E-state index >= 15 is 0 Å². The summed E-state index contributed by atoms with van der Waals surface area (Å²) in [5.74, 6) is -2.28. The van der Waals surface area contributed by atoms with E-state index in [0.29, 0.717) is 40.5 Å². The summed E-state index contributed by atoms with van der Waals surface area (Å²) < 4.78 is 39.8. The summed E-state index contributed by atoms with van der Waals surface area (Å²) in [4.78, 5) is 23.2. The van der Waals surface area contributed by atoms with Crippen molar-refractivity contribution in [3.8, 4) is 0 Å². The molecule has 0 bridgehead atoms. The Bertz CT molecular complexity index is 976. The first-order valence-electron chi connectivity index (χ1n) is 9.70. The first kappa shape index (κ1) is 20.8. The molecule has 1 aromatic carbocycles. The number of hydrogen-bond acceptors (Lipinski definition) is 6. The minimum Gasteiger partial charge on any atom is -0.354 e. The normalized spacial score (nSPS) is 22.9. The van der Waals surface area contributed by atoms with Crippen molar-refractivity contribution >= 4 is 35.1 Å². The lowest BCUT2D eigenvalue weighted by Crippen LogP contribution is -2.45. The topological polar surface area (TPSA) is 70.1 Å². The van der Waals surface area contributed by atoms with Crippen molar-refractivity contribution in [2.24, 2.45) is 5.92 Å². The molecule has 1 amide bonds. The smallest absolute Gasteiger partial charge is 0.246 e. The highest BCUT2D eigenvalue weighted by atomic mass is 32.2. The largest absolute Gasteiger partial charge is 0.354 e. The molecule has 6 nitrogen and oxygen atoms in total. The van der Waals surface area contributed by atoms with E-state index in [4.69, 9.17) is 0 Å². The second-order valence-corrected chi connectivity index (χ2v) is 9.14. The summed E-state index contributed by atoms with van der Waals surface area (Å²) in [5, 5.41) is 6.33. The number of aryl methyl sites for hydroxylation is 1. The van der Waals surface area contributed by atoms with Crippen molar-refractivity contribution in [3.63, 3.8) is 0 Å². The number of nitrogens with one attached hydrogen (secondary N) is 2. The predicted octanol–water partition coefficient (Wildman–Crippen LogP) is 3.96. The Hall–Kier alpha value is -2.49. The second-order valence-electron chi connectivity index (χ2n) is 7.77. The monoisotopic (exact) mass is 437 g/mol. The van der Waals surface area contributed by atoms with E-state index in [0.717, 1.165) is 25.0 Å². The Morgan fingerprint density at radius 2 is 1.90 bits per heavy atom. The summed E-state index contributed by atoms with van der Waals surface area (Å²) in [5.41, 5.74) is 1.32. The van der Waals surface area contributed by atoms with Gasteiger partial charge in [0.05, 0.1) is 5.69 Å². The minimum absolute atomic E-state index is 0.0867. The number of halogens is 3. The molecular weight excluding hydrogens is 415 g/mol. The summed E-state index contributed by atoms with van der Waals surface area (Å²) in [6.07, 6.45) is 1.74. The number of rotatable bonds is 5. The summed E-state index contributed by atoms with van der Waals surface area (Å²) in [6, 6.07) is 1.76. The number of benzene rings is 1. The van der Waals surface area contributed by atoms with Crippen LogP contribution in [0, 0.1) is 30.3 Å². The summed E-state index contributed by atoms with van der Waals surface area (Å²) >= 11 is 1.36. The number of aromatic nitrogens is 2. The number of carbonyl (C=O) groups excluding carboxylic acids is 1. The van der Waals surface area contributed by atoms with Gasteiger partial charge in [0, 0.05) is 23.7 Å². The molecule has 1 atom stereocenters. The fraction of sp³-hybridized carbons (Fsp3) is 0.450. The van der Waals surface area contributed by atoms with Crippen LogP contribution in [0.25, 0.3) is 0 Å². The highest BCUT2D eigenvalue weighted by Crippen LogP contribution is 2.41. The van der Waals surface area contributed by atoms with Crippen LogP contribution in [0.4, 0.5) is 30.6 Å². The average Bonchev–Trinajstić information content (AvgIpc) is 2.67. The van der Waals surface area contributed by atoms with E-state index < -0.39 is 17.5 Å². The highest BCUT2D eigenvalue weighted by Gasteiger charge is 2.32. The fourth-order valence-corrected chi connectivity index (χ4v) is 5.06.